The van der Waals surface area contributed by atoms with Gasteiger partial charge in [-0.15, -0.1) is 0 Å². The van der Waals surface area contributed by atoms with Gasteiger partial charge in [-0.3, -0.25) is 9.59 Å². The zero-order valence-corrected chi connectivity index (χ0v) is 24.2. The van der Waals surface area contributed by atoms with Crippen LogP contribution in [-0.2, 0) is 33.3 Å². The van der Waals surface area contributed by atoms with E-state index in [-0.39, 0.29) is 22.6 Å². The van der Waals surface area contributed by atoms with Crippen molar-refractivity contribution in [1.29, 1.82) is 0 Å². The average Bonchev–Trinajstić information content (AvgIpc) is 2.83. The van der Waals surface area contributed by atoms with Crippen LogP contribution in [0.25, 0.3) is 0 Å². The normalized spacial score (nSPS) is 11.8. The van der Waals surface area contributed by atoms with Crippen LogP contribution in [0.4, 0.5) is 0 Å². The molecule has 0 unspecified atom stereocenters. The lowest BCUT2D eigenvalue weighted by Crippen LogP contribution is -2.25. The number of phenolic OH excluding ortho intramolecular Hbond substituents is 2. The molecule has 2 rings (SSSR count). The van der Waals surface area contributed by atoms with Gasteiger partial charge in [0.25, 0.3) is 0 Å². The first kappa shape index (κ1) is 31.2. The number of carbonyl (C=O) groups is 2. The lowest BCUT2D eigenvalue weighted by Gasteiger charge is -2.21. The molecule has 0 bridgehead atoms. The number of aryl methyl sites for hydroxylation is 2. The number of benzene rings is 2. The van der Waals surface area contributed by atoms with E-state index in [1.165, 1.54) is 0 Å². The number of rotatable bonds is 13. The molecule has 4 N–H and O–H groups in total. The summed E-state index contributed by atoms with van der Waals surface area (Å²) in [6, 6.07) is 11.2. The predicted molar refractivity (Wildman–Crippen MR) is 155 cm³/mol. The molecule has 0 radical (unpaired) electrons. The van der Waals surface area contributed by atoms with Gasteiger partial charge in [0.1, 0.15) is 11.5 Å². The first-order chi connectivity index (χ1) is 17.8. The molecule has 38 heavy (non-hydrogen) atoms. The maximum Gasteiger partial charge on any atom is 0.220 e. The summed E-state index contributed by atoms with van der Waals surface area (Å²) in [5.41, 5.74) is 3.63. The number of nitrogens with one attached hydrogen (secondary N) is 2. The molecule has 6 nitrogen and oxygen atoms in total. The molecular formula is C32H48N2O4. The Labute approximate surface area is 229 Å². The zero-order chi connectivity index (χ0) is 28.3. The van der Waals surface area contributed by atoms with Crippen molar-refractivity contribution < 1.29 is 19.8 Å². The largest absolute Gasteiger partial charge is 0.508 e. The van der Waals surface area contributed by atoms with Gasteiger partial charge >= 0.3 is 0 Å². The van der Waals surface area contributed by atoms with Crippen LogP contribution in [0.5, 0.6) is 11.5 Å². The molecule has 0 aliphatic carbocycles. The van der Waals surface area contributed by atoms with Crippen molar-refractivity contribution in [1.82, 2.24) is 10.6 Å². The fraction of sp³-hybridized carbons (Fsp3) is 0.562. The number of unbranched alkanes of at least 4 members (excludes halogenated alkanes) is 3. The van der Waals surface area contributed by atoms with Crippen LogP contribution < -0.4 is 10.6 Å². The molecular weight excluding hydrogens is 476 g/mol. The SMILES string of the molecule is CC(C)(C)c1cc(CCC(=O)NCCCCCCNC(=O)CCc2ccc(O)c(C(C)(C)C)c2)ccc1O. The number of hydrogen-bond acceptors (Lipinski definition) is 4. The highest BCUT2D eigenvalue weighted by Crippen LogP contribution is 2.32. The minimum Gasteiger partial charge on any atom is -0.508 e. The van der Waals surface area contributed by atoms with Crippen LogP contribution in [0.2, 0.25) is 0 Å². The summed E-state index contributed by atoms with van der Waals surface area (Å²) < 4.78 is 0. The molecule has 2 aromatic carbocycles. The smallest absolute Gasteiger partial charge is 0.220 e. The van der Waals surface area contributed by atoms with E-state index in [1.54, 1.807) is 12.1 Å². The monoisotopic (exact) mass is 524 g/mol. The Balaban J connectivity index is 1.54. The zero-order valence-electron chi connectivity index (χ0n) is 24.2. The van der Waals surface area contributed by atoms with Crippen molar-refractivity contribution in [2.45, 2.75) is 104 Å². The molecule has 6 heteroatoms. The first-order valence-electron chi connectivity index (χ1n) is 14.0. The van der Waals surface area contributed by atoms with Crippen molar-refractivity contribution in [3.05, 3.63) is 58.7 Å². The van der Waals surface area contributed by atoms with Crippen molar-refractivity contribution in [2.75, 3.05) is 13.1 Å². The van der Waals surface area contributed by atoms with Crippen LogP contribution in [0.3, 0.4) is 0 Å². The number of aromatic hydroxyl groups is 2. The van der Waals surface area contributed by atoms with E-state index in [1.807, 2.05) is 24.3 Å². The highest BCUT2D eigenvalue weighted by Gasteiger charge is 2.19. The highest BCUT2D eigenvalue weighted by atomic mass is 16.3. The fourth-order valence-corrected chi connectivity index (χ4v) is 4.43. The Hall–Kier alpha value is -3.02. The van der Waals surface area contributed by atoms with E-state index < -0.39 is 0 Å². The van der Waals surface area contributed by atoms with Gasteiger partial charge in [0, 0.05) is 25.9 Å². The van der Waals surface area contributed by atoms with E-state index in [0.717, 1.165) is 47.9 Å². The van der Waals surface area contributed by atoms with E-state index >= 15 is 0 Å². The summed E-state index contributed by atoms with van der Waals surface area (Å²) in [5, 5.41) is 26.2. The molecule has 0 aliphatic rings. The van der Waals surface area contributed by atoms with Gasteiger partial charge in [-0.2, -0.15) is 0 Å². The van der Waals surface area contributed by atoms with Gasteiger partial charge in [0.05, 0.1) is 0 Å². The second-order valence-corrected chi connectivity index (χ2v) is 12.3. The van der Waals surface area contributed by atoms with Crippen molar-refractivity contribution in [3.8, 4) is 11.5 Å². The van der Waals surface area contributed by atoms with Crippen LogP contribution >= 0.6 is 0 Å². The average molecular weight is 525 g/mol. The second kappa shape index (κ2) is 14.2. The van der Waals surface area contributed by atoms with Crippen LogP contribution in [0.1, 0.15) is 102 Å². The summed E-state index contributed by atoms with van der Waals surface area (Å²) in [6.07, 6.45) is 6.02. The molecule has 0 saturated heterocycles. The third-order valence-electron chi connectivity index (χ3n) is 6.77. The molecule has 2 aromatic rings. The maximum absolute atomic E-state index is 12.2. The standard InChI is InChI=1S/C32H48N2O4/c1-31(2,3)25-21-23(11-15-27(25)35)13-17-29(37)33-19-9-7-8-10-20-34-30(38)18-14-24-12-16-28(36)26(22-24)32(4,5)6/h11-12,15-16,21-22,35-36H,7-10,13-14,17-20H2,1-6H3,(H,33,37)(H,34,38). The molecule has 0 fully saturated rings. The maximum atomic E-state index is 12.2. The van der Waals surface area contributed by atoms with Gasteiger partial charge in [0.15, 0.2) is 0 Å². The summed E-state index contributed by atoms with van der Waals surface area (Å²) in [6.45, 7) is 13.7. The molecule has 0 aliphatic heterocycles. The summed E-state index contributed by atoms with van der Waals surface area (Å²) >= 11 is 0. The molecule has 0 saturated carbocycles. The van der Waals surface area contributed by atoms with E-state index in [9.17, 15) is 19.8 Å². The summed E-state index contributed by atoms with van der Waals surface area (Å²) in [5.74, 6) is 0.694. The van der Waals surface area contributed by atoms with Gasteiger partial charge < -0.3 is 20.8 Å². The van der Waals surface area contributed by atoms with E-state index in [0.29, 0.717) is 50.3 Å². The highest BCUT2D eigenvalue weighted by molar-refractivity contribution is 5.76. The Bertz CT molecular complexity index is 979. The lowest BCUT2D eigenvalue weighted by molar-refractivity contribution is -0.121. The van der Waals surface area contributed by atoms with Crippen LogP contribution in [0, 0.1) is 0 Å². The molecule has 0 heterocycles. The quantitative estimate of drug-likeness (QED) is 0.240. The fourth-order valence-electron chi connectivity index (χ4n) is 4.43. The van der Waals surface area contributed by atoms with Gasteiger partial charge in [-0.25, -0.2) is 0 Å². The number of phenols is 2. The summed E-state index contributed by atoms with van der Waals surface area (Å²) in [4.78, 5) is 24.4. The van der Waals surface area contributed by atoms with Crippen LogP contribution in [0.15, 0.2) is 36.4 Å². The van der Waals surface area contributed by atoms with Crippen LogP contribution in [-0.4, -0.2) is 35.1 Å². The van der Waals surface area contributed by atoms with Crippen molar-refractivity contribution in [2.24, 2.45) is 0 Å². The van der Waals surface area contributed by atoms with Gasteiger partial charge in [-0.1, -0.05) is 78.6 Å². The Kier molecular flexibility index (Phi) is 11.7. The van der Waals surface area contributed by atoms with Crippen molar-refractivity contribution >= 4 is 11.8 Å². The Morgan fingerprint density at radius 1 is 0.632 bits per heavy atom. The van der Waals surface area contributed by atoms with Gasteiger partial charge in [0.2, 0.25) is 11.8 Å². The van der Waals surface area contributed by atoms with Crippen molar-refractivity contribution in [3.63, 3.8) is 0 Å². The molecule has 0 atom stereocenters. The lowest BCUT2D eigenvalue weighted by atomic mass is 9.85. The Morgan fingerprint density at radius 3 is 1.34 bits per heavy atom. The predicted octanol–water partition coefficient (Wildman–Crippen LogP) is 6.05. The number of hydrogen-bond donors (Lipinski definition) is 4. The van der Waals surface area contributed by atoms with Gasteiger partial charge in [-0.05, 0) is 70.9 Å². The molecule has 2 amide bonds. The minimum atomic E-state index is -0.143. The molecule has 210 valence electrons. The van der Waals surface area contributed by atoms with E-state index in [2.05, 4.69) is 52.2 Å². The first-order valence-corrected chi connectivity index (χ1v) is 14.0. The number of amides is 2. The second-order valence-electron chi connectivity index (χ2n) is 12.3. The third kappa shape index (κ3) is 10.8. The Morgan fingerprint density at radius 2 is 1.00 bits per heavy atom. The molecule has 0 spiro atoms. The van der Waals surface area contributed by atoms with E-state index in [4.69, 9.17) is 0 Å². The summed E-state index contributed by atoms with van der Waals surface area (Å²) in [7, 11) is 0. The molecule has 0 aromatic heterocycles. The number of carbonyl (C=O) groups excluding carboxylic acids is 2. The minimum absolute atomic E-state index is 0.0471. The third-order valence-corrected chi connectivity index (χ3v) is 6.77. The topological polar surface area (TPSA) is 98.7 Å².